The minimum atomic E-state index is -0.604. The molecule has 0 bridgehead atoms. The molecule has 0 radical (unpaired) electrons. The highest BCUT2D eigenvalue weighted by molar-refractivity contribution is 9.10. The lowest BCUT2D eigenvalue weighted by Crippen LogP contribution is -2.35. The molecule has 0 fully saturated rings. The van der Waals surface area contributed by atoms with Crippen LogP contribution in [-0.2, 0) is 16.2 Å². The molecular formula is C19H23BrN4O3. The zero-order valence-electron chi connectivity index (χ0n) is 15.7. The van der Waals surface area contributed by atoms with Crippen LogP contribution in [0.5, 0.6) is 5.75 Å². The maximum atomic E-state index is 12.3. The molecule has 1 aromatic carbocycles. The van der Waals surface area contributed by atoms with E-state index in [2.05, 4.69) is 31.5 Å². The van der Waals surface area contributed by atoms with Crippen molar-refractivity contribution in [3.63, 3.8) is 0 Å². The Balaban J connectivity index is 1.47. The minimum absolute atomic E-state index is 0.154. The second-order valence-corrected chi connectivity index (χ2v) is 7.18. The molecule has 1 N–H and O–H groups in total. The predicted octanol–water partition coefficient (Wildman–Crippen LogP) is 2.97. The van der Waals surface area contributed by atoms with Crippen molar-refractivity contribution in [2.75, 3.05) is 13.7 Å². The zero-order valence-corrected chi connectivity index (χ0v) is 17.2. The Morgan fingerprint density at radius 1 is 1.41 bits per heavy atom. The number of halogens is 1. The van der Waals surface area contributed by atoms with Crippen LogP contribution < -0.4 is 10.1 Å². The molecule has 2 aromatic rings. The Morgan fingerprint density at radius 3 is 2.89 bits per heavy atom. The minimum Gasteiger partial charge on any atom is -0.496 e. The van der Waals surface area contributed by atoms with Crippen molar-refractivity contribution in [1.29, 1.82) is 0 Å². The van der Waals surface area contributed by atoms with Crippen molar-refractivity contribution in [1.82, 2.24) is 15.1 Å². The molecule has 1 unspecified atom stereocenters. The van der Waals surface area contributed by atoms with Crippen LogP contribution >= 0.6 is 15.9 Å². The molecule has 1 aromatic heterocycles. The zero-order chi connectivity index (χ0) is 19.4. The van der Waals surface area contributed by atoms with Gasteiger partial charge in [0.25, 0.3) is 5.91 Å². The summed E-state index contributed by atoms with van der Waals surface area (Å²) in [5, 5.41) is 11.5. The van der Waals surface area contributed by atoms with Crippen LogP contribution in [0.25, 0.3) is 0 Å². The molecule has 144 valence electrons. The molecular weight excluding hydrogens is 412 g/mol. The standard InChI is InChI=1S/C19H23BrN4O3/c1-12-18(20)13(2)24(22-12)10-6-9-21-19(25)17-11-15(23-27-17)14-7-4-5-8-16(14)26-3/h4-5,7-8,17H,6,9-11H2,1-3H3,(H,21,25). The van der Waals surface area contributed by atoms with Crippen molar-refractivity contribution >= 4 is 27.5 Å². The molecule has 1 amide bonds. The van der Waals surface area contributed by atoms with E-state index in [1.54, 1.807) is 7.11 Å². The molecule has 0 spiro atoms. The SMILES string of the molecule is COc1ccccc1C1=NOC(C(=O)NCCCn2nc(C)c(Br)c2C)C1. The van der Waals surface area contributed by atoms with E-state index in [1.165, 1.54) is 0 Å². The summed E-state index contributed by atoms with van der Waals surface area (Å²) < 4.78 is 8.33. The molecule has 8 heteroatoms. The maximum Gasteiger partial charge on any atom is 0.264 e. The summed E-state index contributed by atoms with van der Waals surface area (Å²) in [6.45, 7) is 5.28. The second-order valence-electron chi connectivity index (χ2n) is 6.39. The van der Waals surface area contributed by atoms with Crippen LogP contribution in [0.3, 0.4) is 0 Å². The Morgan fingerprint density at radius 2 is 2.19 bits per heavy atom. The second kappa shape index (κ2) is 8.56. The van der Waals surface area contributed by atoms with E-state index in [1.807, 2.05) is 42.8 Å². The van der Waals surface area contributed by atoms with Crippen LogP contribution in [0.1, 0.15) is 29.8 Å². The molecule has 27 heavy (non-hydrogen) atoms. The first kappa shape index (κ1) is 19.4. The third-order valence-corrected chi connectivity index (χ3v) is 5.67. The molecule has 3 rings (SSSR count). The van der Waals surface area contributed by atoms with Gasteiger partial charge in [0.1, 0.15) is 5.75 Å². The molecule has 2 heterocycles. The molecule has 0 saturated carbocycles. The Labute approximate surface area is 166 Å². The van der Waals surface area contributed by atoms with E-state index in [0.29, 0.717) is 13.0 Å². The number of amides is 1. The van der Waals surface area contributed by atoms with E-state index in [0.717, 1.165) is 45.9 Å². The smallest absolute Gasteiger partial charge is 0.264 e. The number of methoxy groups -OCH3 is 1. The monoisotopic (exact) mass is 434 g/mol. The summed E-state index contributed by atoms with van der Waals surface area (Å²) in [5.41, 5.74) is 3.63. The quantitative estimate of drug-likeness (QED) is 0.679. The number of para-hydroxylation sites is 1. The number of nitrogens with zero attached hydrogens (tertiary/aromatic N) is 3. The highest BCUT2D eigenvalue weighted by Gasteiger charge is 2.29. The van der Waals surface area contributed by atoms with Gasteiger partial charge >= 0.3 is 0 Å². The average Bonchev–Trinajstić information content (AvgIpc) is 3.26. The highest BCUT2D eigenvalue weighted by atomic mass is 79.9. The largest absolute Gasteiger partial charge is 0.496 e. The van der Waals surface area contributed by atoms with Crippen molar-refractivity contribution in [3.05, 3.63) is 45.7 Å². The van der Waals surface area contributed by atoms with Gasteiger partial charge in [0.15, 0.2) is 0 Å². The summed E-state index contributed by atoms with van der Waals surface area (Å²) >= 11 is 3.52. The maximum absolute atomic E-state index is 12.3. The first-order chi connectivity index (χ1) is 13.0. The molecule has 1 aliphatic heterocycles. The average molecular weight is 435 g/mol. The number of benzene rings is 1. The fourth-order valence-corrected chi connectivity index (χ4v) is 3.29. The lowest BCUT2D eigenvalue weighted by Gasteiger charge is -2.10. The van der Waals surface area contributed by atoms with Crippen molar-refractivity contribution in [2.45, 2.75) is 39.3 Å². The summed E-state index contributed by atoms with van der Waals surface area (Å²) in [6.07, 6.45) is 0.608. The van der Waals surface area contributed by atoms with Gasteiger partial charge in [0.2, 0.25) is 6.10 Å². The third kappa shape index (κ3) is 4.32. The Kier molecular flexibility index (Phi) is 6.15. The Bertz CT molecular complexity index is 863. The van der Waals surface area contributed by atoms with E-state index in [4.69, 9.17) is 9.57 Å². The van der Waals surface area contributed by atoms with E-state index in [9.17, 15) is 4.79 Å². The van der Waals surface area contributed by atoms with Gasteiger partial charge in [-0.05, 0) is 48.3 Å². The van der Waals surface area contributed by atoms with Gasteiger partial charge in [0, 0.05) is 30.8 Å². The molecule has 1 atom stereocenters. The predicted molar refractivity (Wildman–Crippen MR) is 106 cm³/mol. The normalized spacial score (nSPS) is 16.0. The van der Waals surface area contributed by atoms with Crippen LogP contribution in [0.4, 0.5) is 0 Å². The van der Waals surface area contributed by atoms with Gasteiger partial charge in [-0.2, -0.15) is 5.10 Å². The lowest BCUT2D eigenvalue weighted by molar-refractivity contribution is -0.131. The summed E-state index contributed by atoms with van der Waals surface area (Å²) in [5.74, 6) is 0.565. The topological polar surface area (TPSA) is 77.7 Å². The summed E-state index contributed by atoms with van der Waals surface area (Å²) in [7, 11) is 1.61. The van der Waals surface area contributed by atoms with E-state index < -0.39 is 6.10 Å². The van der Waals surface area contributed by atoms with Crippen molar-refractivity contribution in [3.8, 4) is 5.75 Å². The fourth-order valence-electron chi connectivity index (χ4n) is 3.01. The number of aromatic nitrogens is 2. The number of rotatable bonds is 7. The number of aryl methyl sites for hydroxylation is 2. The number of hydrogen-bond donors (Lipinski definition) is 1. The number of ether oxygens (including phenoxy) is 1. The summed E-state index contributed by atoms with van der Waals surface area (Å²) in [4.78, 5) is 17.7. The molecule has 1 aliphatic rings. The third-order valence-electron chi connectivity index (χ3n) is 4.52. The van der Waals surface area contributed by atoms with Gasteiger partial charge < -0.3 is 14.9 Å². The van der Waals surface area contributed by atoms with Gasteiger partial charge in [-0.15, -0.1) is 0 Å². The number of nitrogens with one attached hydrogen (secondary N) is 1. The van der Waals surface area contributed by atoms with Crippen LogP contribution in [-0.4, -0.2) is 41.2 Å². The first-order valence-electron chi connectivity index (χ1n) is 8.84. The van der Waals surface area contributed by atoms with Gasteiger partial charge in [-0.25, -0.2) is 0 Å². The van der Waals surface area contributed by atoms with E-state index in [-0.39, 0.29) is 5.91 Å². The highest BCUT2D eigenvalue weighted by Crippen LogP contribution is 2.24. The lowest BCUT2D eigenvalue weighted by atomic mass is 10.0. The molecule has 0 aliphatic carbocycles. The van der Waals surface area contributed by atoms with Crippen LogP contribution in [0.15, 0.2) is 33.9 Å². The van der Waals surface area contributed by atoms with Gasteiger partial charge in [-0.1, -0.05) is 17.3 Å². The first-order valence-corrected chi connectivity index (χ1v) is 9.64. The van der Waals surface area contributed by atoms with E-state index >= 15 is 0 Å². The number of hydrogen-bond acceptors (Lipinski definition) is 5. The fraction of sp³-hybridized carbons (Fsp3) is 0.421. The molecule has 7 nitrogen and oxygen atoms in total. The number of carbonyl (C=O) groups is 1. The van der Waals surface area contributed by atoms with Crippen molar-refractivity contribution < 1.29 is 14.4 Å². The molecule has 0 saturated heterocycles. The van der Waals surface area contributed by atoms with Crippen molar-refractivity contribution in [2.24, 2.45) is 5.16 Å². The van der Waals surface area contributed by atoms with Gasteiger partial charge in [0.05, 0.1) is 23.0 Å². The Hall–Kier alpha value is -2.35. The van der Waals surface area contributed by atoms with Gasteiger partial charge in [-0.3, -0.25) is 9.48 Å². The van der Waals surface area contributed by atoms with Crippen LogP contribution in [0, 0.1) is 13.8 Å². The number of carbonyl (C=O) groups excluding carboxylic acids is 1. The number of oxime groups is 1. The summed E-state index contributed by atoms with van der Waals surface area (Å²) in [6, 6.07) is 7.58. The van der Waals surface area contributed by atoms with Crippen LogP contribution in [0.2, 0.25) is 0 Å².